The van der Waals surface area contributed by atoms with Gasteiger partial charge in [-0.1, -0.05) is 6.92 Å². The van der Waals surface area contributed by atoms with E-state index < -0.39 is 9.04 Å². The average molecular weight is 201 g/mol. The Morgan fingerprint density at radius 1 is 1.38 bits per heavy atom. The molecule has 0 bridgehead atoms. The van der Waals surface area contributed by atoms with Gasteiger partial charge < -0.3 is 14.3 Å². The molecule has 1 radical (unpaired) electrons. The van der Waals surface area contributed by atoms with Crippen molar-refractivity contribution in [2.75, 3.05) is 13.2 Å². The van der Waals surface area contributed by atoms with Gasteiger partial charge >= 0.3 is 0 Å². The number of ether oxygens (including phenoxy) is 1. The van der Waals surface area contributed by atoms with Crippen molar-refractivity contribution in [1.29, 1.82) is 0 Å². The fourth-order valence-corrected chi connectivity index (χ4v) is 2.63. The summed E-state index contributed by atoms with van der Waals surface area (Å²) in [5, 5.41) is 8.10. The molecule has 0 heterocycles. The quantitative estimate of drug-likeness (QED) is 0.387. The summed E-state index contributed by atoms with van der Waals surface area (Å²) in [6.45, 7) is 5.56. The lowest BCUT2D eigenvalue weighted by molar-refractivity contribution is 0.268. The van der Waals surface area contributed by atoms with Crippen molar-refractivity contribution in [2.24, 2.45) is 0 Å². The first-order valence-electron chi connectivity index (χ1n) is 4.58. The fourth-order valence-electron chi connectivity index (χ4n) is 0.980. The van der Waals surface area contributed by atoms with Crippen LogP contribution in [0, 0.1) is 12.2 Å². The molecule has 0 aromatic rings. The lowest BCUT2D eigenvalue weighted by Crippen LogP contribution is -2.16. The van der Waals surface area contributed by atoms with E-state index in [9.17, 15) is 0 Å². The van der Waals surface area contributed by atoms with E-state index in [4.69, 9.17) is 14.3 Å². The molecule has 0 saturated carbocycles. The van der Waals surface area contributed by atoms with Crippen LogP contribution in [0.15, 0.2) is 0 Å². The van der Waals surface area contributed by atoms with E-state index >= 15 is 0 Å². The molecule has 0 saturated heterocycles. The Morgan fingerprint density at radius 2 is 2.15 bits per heavy atom. The molecule has 0 rings (SSSR count). The number of hydrogen-bond donors (Lipinski definition) is 1. The van der Waals surface area contributed by atoms with E-state index in [1.807, 2.05) is 6.92 Å². The molecule has 0 aliphatic rings. The van der Waals surface area contributed by atoms with Gasteiger partial charge in [0.15, 0.2) is 12.2 Å². The van der Waals surface area contributed by atoms with Gasteiger partial charge in [0.2, 0.25) is 9.04 Å². The summed E-state index contributed by atoms with van der Waals surface area (Å²) in [6.07, 6.45) is 4.80. The zero-order chi connectivity index (χ0) is 9.94. The van der Waals surface area contributed by atoms with Crippen molar-refractivity contribution in [2.45, 2.75) is 32.4 Å². The topological polar surface area (TPSA) is 38.7 Å². The van der Waals surface area contributed by atoms with E-state index in [-0.39, 0.29) is 0 Å². The van der Waals surface area contributed by atoms with Crippen molar-refractivity contribution in [3.05, 3.63) is 0 Å². The molecule has 0 aliphatic carbocycles. The molecular formula is C9H17O3Si. The molecule has 0 aliphatic heterocycles. The lowest BCUT2D eigenvalue weighted by atomic mass is 10.5. The van der Waals surface area contributed by atoms with Crippen molar-refractivity contribution >= 4 is 9.04 Å². The van der Waals surface area contributed by atoms with E-state index in [1.54, 1.807) is 6.11 Å². The van der Waals surface area contributed by atoms with Crippen LogP contribution in [0.2, 0.25) is 12.1 Å². The molecule has 0 aromatic heterocycles. The molecule has 0 amide bonds. The highest BCUT2D eigenvalue weighted by Gasteiger charge is 2.08. The van der Waals surface area contributed by atoms with Crippen molar-refractivity contribution in [1.82, 2.24) is 0 Å². The molecule has 75 valence electrons. The Kier molecular flexibility index (Phi) is 8.94. The Hall–Kier alpha value is -0.663. The first-order valence-corrected chi connectivity index (χ1v) is 6.40. The third kappa shape index (κ3) is 7.69. The zero-order valence-electron chi connectivity index (χ0n) is 8.30. The second-order valence-electron chi connectivity index (χ2n) is 2.49. The Labute approximate surface area is 81.8 Å². The molecule has 0 aromatic carbocycles. The molecule has 0 atom stereocenters. The maximum absolute atomic E-state index is 8.10. The highest BCUT2D eigenvalue weighted by Crippen LogP contribution is 2.04. The van der Waals surface area contributed by atoms with Crippen molar-refractivity contribution in [3.8, 4) is 12.2 Å². The van der Waals surface area contributed by atoms with Gasteiger partial charge in [-0.3, -0.25) is 0 Å². The van der Waals surface area contributed by atoms with Crippen LogP contribution in [0.4, 0.5) is 0 Å². The van der Waals surface area contributed by atoms with E-state index in [1.165, 1.54) is 0 Å². The Balaban J connectivity index is 3.30. The van der Waals surface area contributed by atoms with E-state index in [2.05, 4.69) is 13.0 Å². The SMILES string of the molecule is CCO[Si](CC)CCCOC#CO. The number of rotatable bonds is 7. The first-order chi connectivity index (χ1) is 6.35. The fraction of sp³-hybridized carbons (Fsp3) is 0.778. The number of aliphatic hydroxyl groups is 1. The highest BCUT2D eigenvalue weighted by atomic mass is 28.3. The number of hydrogen-bond acceptors (Lipinski definition) is 3. The summed E-state index contributed by atoms with van der Waals surface area (Å²) in [5.41, 5.74) is 0. The largest absolute Gasteiger partial charge is 0.460 e. The van der Waals surface area contributed by atoms with Crippen LogP contribution in [0.5, 0.6) is 0 Å². The van der Waals surface area contributed by atoms with Crippen LogP contribution in [0.25, 0.3) is 0 Å². The Morgan fingerprint density at radius 3 is 2.69 bits per heavy atom. The molecule has 13 heavy (non-hydrogen) atoms. The standard InChI is InChI=1S/C9H17O3Si/c1-3-12-13(4-2)9-5-7-11-8-6-10/h10H,3-5,7,9H2,1-2H3. The average Bonchev–Trinajstić information content (AvgIpc) is 2.16. The van der Waals surface area contributed by atoms with E-state index in [0.29, 0.717) is 6.61 Å². The van der Waals surface area contributed by atoms with E-state index in [0.717, 1.165) is 25.1 Å². The van der Waals surface area contributed by atoms with Gasteiger partial charge in [-0.05, 0) is 25.4 Å². The summed E-state index contributed by atoms with van der Waals surface area (Å²) in [5.74, 6) is 0. The highest BCUT2D eigenvalue weighted by molar-refractivity contribution is 6.51. The smallest absolute Gasteiger partial charge is 0.211 e. The first kappa shape index (κ1) is 12.3. The normalized spacial score (nSPS) is 9.46. The number of aliphatic hydroxyl groups excluding tert-OH is 1. The summed E-state index contributed by atoms with van der Waals surface area (Å²) in [7, 11) is -0.613. The molecule has 0 unspecified atom stereocenters. The van der Waals surface area contributed by atoms with Crippen LogP contribution in [-0.2, 0) is 9.16 Å². The maximum Gasteiger partial charge on any atom is 0.211 e. The molecule has 0 fully saturated rings. The molecule has 1 N–H and O–H groups in total. The predicted molar refractivity (Wildman–Crippen MR) is 52.9 cm³/mol. The third-order valence-corrected chi connectivity index (χ3v) is 3.96. The lowest BCUT2D eigenvalue weighted by Gasteiger charge is -2.10. The minimum atomic E-state index is -0.613. The molecule has 0 spiro atoms. The summed E-state index contributed by atoms with van der Waals surface area (Å²) in [4.78, 5) is 0. The van der Waals surface area contributed by atoms with Crippen LogP contribution in [-0.4, -0.2) is 27.4 Å². The van der Waals surface area contributed by atoms with Gasteiger partial charge in [0, 0.05) is 6.61 Å². The van der Waals surface area contributed by atoms with Gasteiger partial charge in [0.25, 0.3) is 0 Å². The summed E-state index contributed by atoms with van der Waals surface area (Å²) >= 11 is 0. The van der Waals surface area contributed by atoms with Gasteiger partial charge in [0.05, 0.1) is 6.61 Å². The minimum absolute atomic E-state index is 0.578. The second kappa shape index (κ2) is 9.43. The van der Waals surface area contributed by atoms with Gasteiger partial charge in [-0.2, -0.15) is 0 Å². The molecule has 4 heteroatoms. The van der Waals surface area contributed by atoms with Crippen LogP contribution in [0.3, 0.4) is 0 Å². The second-order valence-corrected chi connectivity index (χ2v) is 5.06. The predicted octanol–water partition coefficient (Wildman–Crippen LogP) is 1.73. The van der Waals surface area contributed by atoms with Crippen LogP contribution >= 0.6 is 0 Å². The summed E-state index contributed by atoms with van der Waals surface area (Å²) < 4.78 is 10.4. The van der Waals surface area contributed by atoms with Gasteiger partial charge in [0.1, 0.15) is 0 Å². The van der Waals surface area contributed by atoms with Crippen LogP contribution in [0.1, 0.15) is 20.3 Å². The van der Waals surface area contributed by atoms with Crippen molar-refractivity contribution in [3.63, 3.8) is 0 Å². The Bertz CT molecular complexity index is 162. The summed E-state index contributed by atoms with van der Waals surface area (Å²) in [6, 6.07) is 2.21. The molecule has 3 nitrogen and oxygen atoms in total. The van der Waals surface area contributed by atoms with Gasteiger partial charge in [-0.15, -0.1) is 0 Å². The molecular weight excluding hydrogens is 184 g/mol. The zero-order valence-corrected chi connectivity index (χ0v) is 9.30. The maximum atomic E-state index is 8.10. The van der Waals surface area contributed by atoms with Gasteiger partial charge in [-0.25, -0.2) is 0 Å². The van der Waals surface area contributed by atoms with Crippen LogP contribution < -0.4 is 0 Å². The minimum Gasteiger partial charge on any atom is -0.460 e. The van der Waals surface area contributed by atoms with Crippen molar-refractivity contribution < 1.29 is 14.3 Å². The monoisotopic (exact) mass is 201 g/mol. The third-order valence-electron chi connectivity index (χ3n) is 1.56.